The van der Waals surface area contributed by atoms with Gasteiger partial charge in [-0.05, 0) is 24.0 Å². The van der Waals surface area contributed by atoms with Gasteiger partial charge in [0.25, 0.3) is 0 Å². The highest BCUT2D eigenvalue weighted by atomic mass is 16.6. The number of hydrogen-bond donors (Lipinski definition) is 2. The van der Waals surface area contributed by atoms with Crippen molar-refractivity contribution in [3.8, 4) is 0 Å². The molecule has 2 N–H and O–H groups in total. The zero-order chi connectivity index (χ0) is 23.9. The Morgan fingerprint density at radius 1 is 1.22 bits per heavy atom. The molecule has 0 radical (unpaired) electrons. The number of carbonyl (C=O) groups is 3. The minimum Gasteiger partial charge on any atom is -0.464 e. The number of amides is 1. The molecule has 1 amide bonds. The second-order valence-corrected chi connectivity index (χ2v) is 9.34. The van der Waals surface area contributed by atoms with Gasteiger partial charge in [0.05, 0.1) is 24.4 Å². The third-order valence-electron chi connectivity index (χ3n) is 5.49. The number of unbranched alkanes of at least 4 members (excludes halogenated alkanes) is 1. The fourth-order valence-electron chi connectivity index (χ4n) is 3.75. The van der Waals surface area contributed by atoms with Gasteiger partial charge in [-0.25, -0.2) is 9.59 Å². The summed E-state index contributed by atoms with van der Waals surface area (Å²) in [5.74, 6) is -1.45. The Bertz CT molecular complexity index is 776. The maximum absolute atomic E-state index is 12.8. The number of nitrogens with one attached hydrogen (secondary N) is 1. The molecule has 178 valence electrons. The number of likely N-dealkylation sites (N-methyl/N-ethyl adjacent to an activating group) is 1. The molecule has 32 heavy (non-hydrogen) atoms. The SMILES string of the molecule is CCCCOC(=O)[C@@H](O)C[C@H](C[C@@H]1N[C@@H](C(C)(C)C)N(C)C1=O)OC(=O)c1ccccc1. The maximum Gasteiger partial charge on any atom is 0.338 e. The molecule has 0 saturated carbocycles. The van der Waals surface area contributed by atoms with Crippen LogP contribution in [0.3, 0.4) is 0 Å². The van der Waals surface area contributed by atoms with Crippen LogP contribution in [0.2, 0.25) is 0 Å². The van der Waals surface area contributed by atoms with Crippen molar-refractivity contribution in [1.29, 1.82) is 0 Å². The van der Waals surface area contributed by atoms with E-state index in [1.54, 1.807) is 42.3 Å². The van der Waals surface area contributed by atoms with Crippen LogP contribution in [0.4, 0.5) is 0 Å². The van der Waals surface area contributed by atoms with Gasteiger partial charge in [0.1, 0.15) is 6.10 Å². The molecule has 4 atom stereocenters. The van der Waals surface area contributed by atoms with Gasteiger partial charge >= 0.3 is 11.9 Å². The molecule has 0 aromatic heterocycles. The van der Waals surface area contributed by atoms with Crippen LogP contribution >= 0.6 is 0 Å². The second kappa shape index (κ2) is 11.4. The average molecular weight is 449 g/mol. The number of rotatable bonds is 10. The summed E-state index contributed by atoms with van der Waals surface area (Å²) in [6.45, 7) is 8.28. The van der Waals surface area contributed by atoms with E-state index in [4.69, 9.17) is 9.47 Å². The summed E-state index contributed by atoms with van der Waals surface area (Å²) < 4.78 is 10.7. The van der Waals surface area contributed by atoms with Crippen molar-refractivity contribution in [2.45, 2.75) is 77.8 Å². The zero-order valence-electron chi connectivity index (χ0n) is 19.7. The lowest BCUT2D eigenvalue weighted by molar-refractivity contribution is -0.155. The molecule has 0 aliphatic carbocycles. The lowest BCUT2D eigenvalue weighted by Crippen LogP contribution is -2.45. The summed E-state index contributed by atoms with van der Waals surface area (Å²) >= 11 is 0. The summed E-state index contributed by atoms with van der Waals surface area (Å²) in [4.78, 5) is 39.2. The van der Waals surface area contributed by atoms with Gasteiger partial charge in [-0.15, -0.1) is 0 Å². The van der Waals surface area contributed by atoms with E-state index in [1.165, 1.54) is 0 Å². The Balaban J connectivity index is 2.12. The third kappa shape index (κ3) is 7.03. The number of hydrogen-bond acceptors (Lipinski definition) is 7. The van der Waals surface area contributed by atoms with E-state index in [0.29, 0.717) is 12.0 Å². The number of benzene rings is 1. The van der Waals surface area contributed by atoms with E-state index in [9.17, 15) is 19.5 Å². The van der Waals surface area contributed by atoms with Crippen LogP contribution in [0.5, 0.6) is 0 Å². The first-order valence-corrected chi connectivity index (χ1v) is 11.2. The summed E-state index contributed by atoms with van der Waals surface area (Å²) in [6.07, 6.45) is -0.954. The molecule has 1 aromatic rings. The Kier molecular flexibility index (Phi) is 9.21. The van der Waals surface area contributed by atoms with E-state index in [1.807, 2.05) is 27.7 Å². The monoisotopic (exact) mass is 448 g/mol. The molecule has 0 unspecified atom stereocenters. The Morgan fingerprint density at radius 2 is 1.88 bits per heavy atom. The van der Waals surface area contributed by atoms with Crippen molar-refractivity contribution in [3.05, 3.63) is 35.9 Å². The molecular weight excluding hydrogens is 412 g/mol. The van der Waals surface area contributed by atoms with Crippen LogP contribution in [0, 0.1) is 5.41 Å². The molecule has 0 spiro atoms. The standard InChI is InChI=1S/C24H36N2O6/c1-6-7-13-31-22(30)19(27)15-17(32-21(29)16-11-9-8-10-12-16)14-18-20(28)26(5)23(25-18)24(2,3)4/h8-12,17-19,23,25,27H,6-7,13-15H2,1-5H3/t17-,18-,19-,23+/m0/s1. The number of carbonyl (C=O) groups excluding carboxylic acids is 3. The van der Waals surface area contributed by atoms with Gasteiger partial charge < -0.3 is 19.5 Å². The number of esters is 2. The molecule has 1 heterocycles. The van der Waals surface area contributed by atoms with Crippen LogP contribution in [-0.4, -0.2) is 65.9 Å². The summed E-state index contributed by atoms with van der Waals surface area (Å²) in [5.41, 5.74) is 0.158. The Labute approximate surface area is 190 Å². The fourth-order valence-corrected chi connectivity index (χ4v) is 3.75. The first kappa shape index (κ1) is 25.8. The summed E-state index contributed by atoms with van der Waals surface area (Å²) in [7, 11) is 1.73. The normalized spacial score (nSPS) is 20.7. The van der Waals surface area contributed by atoms with Gasteiger partial charge in [0.2, 0.25) is 5.91 Å². The topological polar surface area (TPSA) is 105 Å². The smallest absolute Gasteiger partial charge is 0.338 e. The van der Waals surface area contributed by atoms with Crippen LogP contribution in [0.25, 0.3) is 0 Å². The van der Waals surface area contributed by atoms with Gasteiger partial charge in [-0.3, -0.25) is 10.1 Å². The van der Waals surface area contributed by atoms with Crippen LogP contribution in [0.1, 0.15) is 63.7 Å². The molecule has 8 heteroatoms. The fraction of sp³-hybridized carbons (Fsp3) is 0.625. The minimum atomic E-state index is -1.45. The minimum absolute atomic E-state index is 0.120. The zero-order valence-corrected chi connectivity index (χ0v) is 19.7. The van der Waals surface area contributed by atoms with E-state index in [0.717, 1.165) is 6.42 Å². The van der Waals surface area contributed by atoms with E-state index < -0.39 is 30.2 Å². The van der Waals surface area contributed by atoms with Crippen molar-refractivity contribution in [1.82, 2.24) is 10.2 Å². The summed E-state index contributed by atoms with van der Waals surface area (Å²) in [5, 5.41) is 13.7. The predicted molar refractivity (Wildman–Crippen MR) is 120 cm³/mol. The highest BCUT2D eigenvalue weighted by Gasteiger charge is 2.43. The first-order chi connectivity index (χ1) is 15.0. The van der Waals surface area contributed by atoms with Gasteiger partial charge in [0.15, 0.2) is 6.10 Å². The van der Waals surface area contributed by atoms with Gasteiger partial charge in [-0.2, -0.15) is 0 Å². The molecular formula is C24H36N2O6. The summed E-state index contributed by atoms with van der Waals surface area (Å²) in [6, 6.07) is 7.87. The highest BCUT2D eigenvalue weighted by Crippen LogP contribution is 2.28. The van der Waals surface area contributed by atoms with Crippen LogP contribution in [-0.2, 0) is 19.1 Å². The number of aliphatic hydroxyl groups is 1. The molecule has 1 aromatic carbocycles. The van der Waals surface area contributed by atoms with Crippen molar-refractivity contribution >= 4 is 17.8 Å². The molecule has 8 nitrogen and oxygen atoms in total. The van der Waals surface area contributed by atoms with Crippen LogP contribution < -0.4 is 5.32 Å². The van der Waals surface area contributed by atoms with Gasteiger partial charge in [0, 0.05) is 19.9 Å². The Morgan fingerprint density at radius 3 is 2.44 bits per heavy atom. The van der Waals surface area contributed by atoms with E-state index in [2.05, 4.69) is 5.32 Å². The van der Waals surface area contributed by atoms with Crippen molar-refractivity contribution in [3.63, 3.8) is 0 Å². The molecule has 1 fully saturated rings. The van der Waals surface area contributed by atoms with E-state index in [-0.39, 0.29) is 36.9 Å². The lowest BCUT2D eigenvalue weighted by atomic mass is 9.92. The number of ether oxygens (including phenoxy) is 2. The highest BCUT2D eigenvalue weighted by molar-refractivity contribution is 5.89. The first-order valence-electron chi connectivity index (χ1n) is 11.2. The number of aliphatic hydroxyl groups excluding tert-OH is 1. The van der Waals surface area contributed by atoms with Crippen molar-refractivity contribution in [2.75, 3.05) is 13.7 Å². The molecule has 1 aliphatic heterocycles. The predicted octanol–water partition coefficient (Wildman–Crippen LogP) is 2.50. The van der Waals surface area contributed by atoms with Crippen LogP contribution in [0.15, 0.2) is 30.3 Å². The number of nitrogens with zero attached hydrogens (tertiary/aromatic N) is 1. The van der Waals surface area contributed by atoms with E-state index >= 15 is 0 Å². The van der Waals surface area contributed by atoms with Crippen molar-refractivity contribution < 1.29 is 29.0 Å². The second-order valence-electron chi connectivity index (χ2n) is 9.34. The molecule has 0 bridgehead atoms. The molecule has 1 aliphatic rings. The molecule has 2 rings (SSSR count). The van der Waals surface area contributed by atoms with Crippen molar-refractivity contribution in [2.24, 2.45) is 5.41 Å². The maximum atomic E-state index is 12.8. The average Bonchev–Trinajstić information content (AvgIpc) is 3.03. The largest absolute Gasteiger partial charge is 0.464 e. The lowest BCUT2D eigenvalue weighted by Gasteiger charge is -2.32. The quantitative estimate of drug-likeness (QED) is 0.418. The Hall–Kier alpha value is -2.45. The molecule has 1 saturated heterocycles. The third-order valence-corrected chi connectivity index (χ3v) is 5.49. The van der Waals surface area contributed by atoms with Gasteiger partial charge in [-0.1, -0.05) is 52.3 Å².